The van der Waals surface area contributed by atoms with E-state index in [-0.39, 0.29) is 36.6 Å². The fourth-order valence-electron chi connectivity index (χ4n) is 5.53. The van der Waals surface area contributed by atoms with Gasteiger partial charge in [0, 0.05) is 12.8 Å². The van der Waals surface area contributed by atoms with E-state index in [1.807, 2.05) is 0 Å². The number of hydrogen-bond donors (Lipinski definition) is 7. The zero-order chi connectivity index (χ0) is 31.3. The summed E-state index contributed by atoms with van der Waals surface area (Å²) in [4.78, 5) is 26.9. The average molecular weight is 695 g/mol. The first-order valence-electron chi connectivity index (χ1n) is 13.2. The summed E-state index contributed by atoms with van der Waals surface area (Å²) in [6.07, 6.45) is -2.70. The van der Waals surface area contributed by atoms with Gasteiger partial charge >= 0.3 is 0 Å². The minimum atomic E-state index is -4.17. The Morgan fingerprint density at radius 3 is 2.86 bits per heavy atom. The molecule has 2 saturated heterocycles. The molecule has 0 amide bonds. The van der Waals surface area contributed by atoms with Gasteiger partial charge in [0.2, 0.25) is 13.2 Å². The van der Waals surface area contributed by atoms with Crippen LogP contribution in [-0.4, -0.2) is 84.0 Å². The van der Waals surface area contributed by atoms with Crippen molar-refractivity contribution in [3.05, 3.63) is 34.4 Å². The van der Waals surface area contributed by atoms with Gasteiger partial charge in [0.25, 0.3) is 12.1 Å². The monoisotopic (exact) mass is 694 g/mol. The molecule has 0 spiro atoms. The highest BCUT2D eigenvalue weighted by Gasteiger charge is 2.55. The van der Waals surface area contributed by atoms with E-state index in [2.05, 4.69) is 54.9 Å². The summed E-state index contributed by atoms with van der Waals surface area (Å²) < 4.78 is 67.2. The molecule has 18 nitrogen and oxygen atoms in total. The summed E-state index contributed by atoms with van der Waals surface area (Å²) in [5, 5.41) is 16.8. The first-order chi connectivity index (χ1) is 21.0. The van der Waals surface area contributed by atoms with Crippen molar-refractivity contribution in [1.82, 2.24) is 34.5 Å². The standard InChI is InChI=1S/C21H29FN10O8P2S2/c22-13-12(5-33)39-20(31-7-27-14-17(31)29-21(24)30-19(14)34)15(13)42(36,44)37-2-1-9-11(40-41(35)43)3-10(38-9)8-4-25-18-16(23)26-6-28-32(8)18/h4,6-7,9-13,15-16,20,33,41H,1-3,5,23H2,(H,26,28)(H,35,43)(H,36,44)(H3,24,29,30,34)/t9-,10-,11+,12-,13-,15-,16?,20-,42?/m1/s1. The van der Waals surface area contributed by atoms with Crippen LogP contribution in [0.5, 0.6) is 0 Å². The number of anilines is 1. The first-order valence-corrected chi connectivity index (χ1v) is 18.7. The Balaban J connectivity index is 1.19. The number of imidazole rings is 2. The number of nitrogens with one attached hydrogen (secondary N) is 2. The number of nitrogens with zero attached hydrogens (tertiary/aromatic N) is 6. The molecule has 44 heavy (non-hydrogen) atoms. The van der Waals surface area contributed by atoms with Gasteiger partial charge in [-0.3, -0.25) is 23.5 Å². The van der Waals surface area contributed by atoms with Crippen molar-refractivity contribution in [3.8, 4) is 0 Å². The van der Waals surface area contributed by atoms with Crippen LogP contribution in [0, 0.1) is 0 Å². The number of nitrogens with two attached hydrogens (primary N) is 2. The normalized spacial score (nSPS) is 32.0. The molecule has 0 saturated carbocycles. The lowest BCUT2D eigenvalue weighted by atomic mass is 10.1. The van der Waals surface area contributed by atoms with Gasteiger partial charge in [0.1, 0.15) is 36.5 Å². The lowest BCUT2D eigenvalue weighted by Gasteiger charge is -2.26. The van der Waals surface area contributed by atoms with E-state index in [1.165, 1.54) is 17.2 Å². The zero-order valence-electron chi connectivity index (χ0n) is 22.5. The number of thiol groups is 2. The van der Waals surface area contributed by atoms with E-state index in [0.29, 0.717) is 11.5 Å². The number of aromatic amines is 1. The maximum atomic E-state index is 15.6. The van der Waals surface area contributed by atoms with E-state index < -0.39 is 74.6 Å². The summed E-state index contributed by atoms with van der Waals surface area (Å²) in [6, 6.07) is 0. The zero-order valence-corrected chi connectivity index (χ0v) is 26.2. The van der Waals surface area contributed by atoms with Gasteiger partial charge in [-0.1, -0.05) is 24.5 Å². The Bertz CT molecular complexity index is 1710. The van der Waals surface area contributed by atoms with E-state index in [9.17, 15) is 19.0 Å². The number of fused-ring (bicyclic) bond motifs is 2. The number of nitrogen functional groups attached to an aromatic ring is 1. The van der Waals surface area contributed by atoms with Crippen LogP contribution in [0.3, 0.4) is 0 Å². The average Bonchev–Trinajstić information content (AvgIpc) is 3.73. The van der Waals surface area contributed by atoms with Crippen LogP contribution >= 0.6 is 38.3 Å². The topological polar surface area (TPSA) is 249 Å². The second kappa shape index (κ2) is 12.5. The molecular weight excluding hydrogens is 665 g/mol. The molecular formula is C21H29FN10O8P2S2. The quantitative estimate of drug-likeness (QED) is 0.114. The number of halogens is 1. The Labute approximate surface area is 258 Å². The molecule has 0 aromatic carbocycles. The smallest absolute Gasteiger partial charge is 0.280 e. The van der Waals surface area contributed by atoms with Gasteiger partial charge in [0.05, 0.1) is 43.6 Å². The fraction of sp³-hybridized carbons (Fsp3) is 0.571. The number of hydrogen-bond acceptors (Lipinski definition) is 15. The van der Waals surface area contributed by atoms with E-state index in [4.69, 9.17) is 30.0 Å². The predicted octanol–water partition coefficient (Wildman–Crippen LogP) is 0.611. The number of aromatic nitrogens is 6. The summed E-state index contributed by atoms with van der Waals surface area (Å²) in [6.45, 7) is -5.13. The van der Waals surface area contributed by atoms with Gasteiger partial charge in [-0.05, 0) is 0 Å². The number of ether oxygens (including phenoxy) is 2. The van der Waals surface area contributed by atoms with Gasteiger partial charge < -0.3 is 40.4 Å². The molecule has 3 aromatic heterocycles. The third-order valence-corrected chi connectivity index (χ3v) is 11.3. The molecule has 2 fully saturated rings. The second-order valence-corrected chi connectivity index (χ2v) is 15.7. The molecule has 0 radical (unpaired) electrons. The Hall–Kier alpha value is -2.32. The lowest BCUT2D eigenvalue weighted by molar-refractivity contribution is -0.0322. The SMILES string of the molecule is Nc1nc2c(ncn2[C@@H]2O[C@H](CO)[C@@H](F)[C@H]2P(=O)(S)OCC[C@H]2O[C@@H](c3cnc4n3N=CNC4N)C[C@@H]2O[PH](=O)S)c(=O)[nH]1. The third-order valence-electron chi connectivity index (χ3n) is 7.53. The van der Waals surface area contributed by atoms with Crippen LogP contribution in [0.15, 0.2) is 22.4 Å². The molecule has 3 aliphatic heterocycles. The molecule has 240 valence electrons. The van der Waals surface area contributed by atoms with Crippen LogP contribution in [-0.2, 0) is 27.7 Å². The van der Waals surface area contributed by atoms with Gasteiger partial charge in [0.15, 0.2) is 23.2 Å². The van der Waals surface area contributed by atoms with E-state index >= 15 is 4.39 Å². The summed E-state index contributed by atoms with van der Waals surface area (Å²) >= 11 is 8.15. The highest BCUT2D eigenvalue weighted by Crippen LogP contribution is 2.64. The van der Waals surface area contributed by atoms with E-state index in [1.54, 1.807) is 10.9 Å². The van der Waals surface area contributed by atoms with Crippen molar-refractivity contribution >= 4 is 61.7 Å². The molecule has 3 aliphatic rings. The van der Waals surface area contributed by atoms with E-state index in [0.717, 1.165) is 0 Å². The summed E-state index contributed by atoms with van der Waals surface area (Å²) in [5.41, 5.74) is 9.96. The molecule has 3 aromatic rings. The third kappa shape index (κ3) is 5.86. The second-order valence-electron chi connectivity index (χ2n) is 10.2. The van der Waals surface area contributed by atoms with Crippen LogP contribution in [0.25, 0.3) is 11.2 Å². The van der Waals surface area contributed by atoms with Crippen LogP contribution < -0.4 is 22.3 Å². The number of aliphatic hydroxyl groups is 1. The first kappa shape index (κ1) is 31.7. The van der Waals surface area contributed by atoms with Crippen LogP contribution in [0.1, 0.15) is 42.9 Å². The summed E-state index contributed by atoms with van der Waals surface area (Å²) in [7, 11) is -2.67. The molecule has 10 atom stereocenters. The maximum Gasteiger partial charge on any atom is 0.280 e. The maximum absolute atomic E-state index is 15.6. The summed E-state index contributed by atoms with van der Waals surface area (Å²) in [5.74, 6) is 0.246. The van der Waals surface area contributed by atoms with Crippen LogP contribution in [0.4, 0.5) is 10.3 Å². The minimum Gasteiger partial charge on any atom is -0.394 e. The van der Waals surface area contributed by atoms with Crippen molar-refractivity contribution in [3.63, 3.8) is 0 Å². The molecule has 6 rings (SSSR count). The van der Waals surface area contributed by atoms with Gasteiger partial charge in [-0.15, -0.1) is 0 Å². The highest BCUT2D eigenvalue weighted by molar-refractivity contribution is 8.46. The van der Waals surface area contributed by atoms with Crippen molar-refractivity contribution in [2.45, 2.75) is 61.5 Å². The number of H-pyrrole nitrogens is 1. The minimum absolute atomic E-state index is 0.0455. The molecule has 23 heteroatoms. The van der Waals surface area contributed by atoms with Crippen molar-refractivity contribution < 1.29 is 37.1 Å². The van der Waals surface area contributed by atoms with Crippen molar-refractivity contribution in [2.24, 2.45) is 10.8 Å². The Kier molecular flexibility index (Phi) is 8.97. The van der Waals surface area contributed by atoms with Gasteiger partial charge in [-0.25, -0.2) is 19.0 Å². The molecule has 3 unspecified atom stereocenters. The Morgan fingerprint density at radius 1 is 1.32 bits per heavy atom. The molecule has 6 heterocycles. The van der Waals surface area contributed by atoms with Crippen molar-refractivity contribution in [1.29, 1.82) is 0 Å². The number of aliphatic hydroxyl groups excluding tert-OH is 1. The molecule has 0 bridgehead atoms. The lowest BCUT2D eigenvalue weighted by Crippen LogP contribution is -2.34. The highest BCUT2D eigenvalue weighted by atomic mass is 32.7. The predicted molar refractivity (Wildman–Crippen MR) is 161 cm³/mol. The van der Waals surface area contributed by atoms with Crippen LogP contribution in [0.2, 0.25) is 0 Å². The largest absolute Gasteiger partial charge is 0.394 e. The molecule has 0 aliphatic carbocycles. The number of alkyl halides is 1. The van der Waals surface area contributed by atoms with Gasteiger partial charge in [-0.2, -0.15) is 10.1 Å². The Morgan fingerprint density at radius 2 is 2.11 bits per heavy atom. The number of rotatable bonds is 10. The molecule has 7 N–H and O–H groups in total. The van der Waals surface area contributed by atoms with Crippen molar-refractivity contribution in [2.75, 3.05) is 18.9 Å². The fourth-order valence-corrected chi connectivity index (χ4v) is 9.04.